The third kappa shape index (κ3) is 5.71. The highest BCUT2D eigenvalue weighted by atomic mass is 35.5. The number of nitrogens with one attached hydrogen (secondary N) is 1. The number of benzene rings is 1. The number of hydrogen-bond donors (Lipinski definition) is 2. The predicted molar refractivity (Wildman–Crippen MR) is 84.2 cm³/mol. The van der Waals surface area contributed by atoms with Crippen molar-refractivity contribution < 1.29 is 23.1 Å². The van der Waals surface area contributed by atoms with Crippen LogP contribution in [0.25, 0.3) is 0 Å². The molecule has 1 atom stereocenters. The second-order valence-corrected chi connectivity index (χ2v) is 5.83. The molecule has 0 radical (unpaired) electrons. The molecular weight excluding hydrogens is 361 g/mol. The number of alkyl halides is 3. The number of carboxylic acid groups (broad SMARTS) is 1. The second-order valence-electron chi connectivity index (χ2n) is 5.40. The van der Waals surface area contributed by atoms with Crippen molar-refractivity contribution in [1.82, 2.24) is 20.1 Å². The van der Waals surface area contributed by atoms with Crippen LogP contribution in [0.2, 0.25) is 5.02 Å². The molecule has 10 heteroatoms. The minimum Gasteiger partial charge on any atom is -0.475 e. The zero-order valence-electron chi connectivity index (χ0n) is 13.0. The summed E-state index contributed by atoms with van der Waals surface area (Å²) in [4.78, 5) is 8.90. The Kier molecular flexibility index (Phi) is 6.38. The lowest BCUT2D eigenvalue weighted by atomic mass is 10.2. The maximum Gasteiger partial charge on any atom is 0.490 e. The largest absolute Gasteiger partial charge is 0.490 e. The molecule has 3 rings (SSSR count). The second kappa shape index (κ2) is 8.30. The number of halogens is 4. The quantitative estimate of drug-likeness (QED) is 0.860. The highest BCUT2D eigenvalue weighted by molar-refractivity contribution is 6.30. The molecule has 6 nitrogen and oxygen atoms in total. The first-order valence-electron chi connectivity index (χ1n) is 7.43. The van der Waals surface area contributed by atoms with Crippen LogP contribution >= 0.6 is 11.6 Å². The van der Waals surface area contributed by atoms with E-state index in [-0.39, 0.29) is 0 Å². The molecule has 1 aliphatic rings. The fourth-order valence-electron chi connectivity index (χ4n) is 2.35. The first-order valence-corrected chi connectivity index (χ1v) is 7.81. The minimum absolute atomic E-state index is 0.347. The third-order valence-electron chi connectivity index (χ3n) is 3.53. The van der Waals surface area contributed by atoms with E-state index >= 15 is 0 Å². The van der Waals surface area contributed by atoms with Crippen molar-refractivity contribution in [3.05, 3.63) is 47.0 Å². The van der Waals surface area contributed by atoms with Gasteiger partial charge in [0.05, 0.1) is 12.6 Å². The van der Waals surface area contributed by atoms with Crippen molar-refractivity contribution in [1.29, 1.82) is 0 Å². The van der Waals surface area contributed by atoms with Gasteiger partial charge in [0, 0.05) is 5.02 Å². The Morgan fingerprint density at radius 1 is 1.36 bits per heavy atom. The summed E-state index contributed by atoms with van der Waals surface area (Å²) >= 11 is 5.89. The lowest BCUT2D eigenvalue weighted by Crippen LogP contribution is -2.21. The van der Waals surface area contributed by atoms with E-state index in [0.29, 0.717) is 6.04 Å². The lowest BCUT2D eigenvalue weighted by molar-refractivity contribution is -0.192. The summed E-state index contributed by atoms with van der Waals surface area (Å²) in [6.07, 6.45) is -0.943. The van der Waals surface area contributed by atoms with Crippen molar-refractivity contribution in [3.63, 3.8) is 0 Å². The summed E-state index contributed by atoms with van der Waals surface area (Å²) in [7, 11) is 0. The Balaban J connectivity index is 0.000000277. The number of hydrogen-bond acceptors (Lipinski definition) is 4. The number of aromatic nitrogens is 3. The lowest BCUT2D eigenvalue weighted by Gasteiger charge is -2.12. The van der Waals surface area contributed by atoms with E-state index in [2.05, 4.69) is 20.1 Å². The van der Waals surface area contributed by atoms with Crippen LogP contribution in [-0.2, 0) is 11.3 Å². The molecule has 25 heavy (non-hydrogen) atoms. The monoisotopic (exact) mass is 376 g/mol. The smallest absolute Gasteiger partial charge is 0.475 e. The van der Waals surface area contributed by atoms with E-state index in [0.717, 1.165) is 30.4 Å². The van der Waals surface area contributed by atoms with Gasteiger partial charge in [-0.05, 0) is 37.1 Å². The van der Waals surface area contributed by atoms with Gasteiger partial charge in [-0.1, -0.05) is 23.7 Å². The molecule has 0 bridgehead atoms. The highest BCUT2D eigenvalue weighted by Gasteiger charge is 2.38. The van der Waals surface area contributed by atoms with Crippen molar-refractivity contribution in [2.75, 3.05) is 6.54 Å². The van der Waals surface area contributed by atoms with E-state index in [9.17, 15) is 13.2 Å². The van der Waals surface area contributed by atoms with Gasteiger partial charge in [0.15, 0.2) is 0 Å². The van der Waals surface area contributed by atoms with Crippen LogP contribution in [-0.4, -0.2) is 38.6 Å². The molecule has 1 fully saturated rings. The first-order chi connectivity index (χ1) is 11.8. The molecule has 2 heterocycles. The van der Waals surface area contributed by atoms with Crippen LogP contribution in [0.4, 0.5) is 13.2 Å². The Morgan fingerprint density at radius 3 is 2.52 bits per heavy atom. The molecular formula is C15H16ClF3N4O2. The number of rotatable bonds is 3. The maximum absolute atomic E-state index is 10.6. The normalized spacial score (nSPS) is 17.0. The maximum atomic E-state index is 10.6. The summed E-state index contributed by atoms with van der Waals surface area (Å²) in [6, 6.07) is 8.24. The Hall–Kier alpha value is -2.13. The Bertz CT molecular complexity index is 698. The zero-order chi connectivity index (χ0) is 18.4. The molecule has 1 aliphatic heterocycles. The van der Waals surface area contributed by atoms with Crippen LogP contribution < -0.4 is 5.32 Å². The Morgan fingerprint density at radius 2 is 2.00 bits per heavy atom. The average molecular weight is 377 g/mol. The van der Waals surface area contributed by atoms with Crippen molar-refractivity contribution in [2.24, 2.45) is 0 Å². The van der Waals surface area contributed by atoms with Gasteiger partial charge in [-0.2, -0.15) is 13.2 Å². The molecule has 0 aliphatic carbocycles. The first kappa shape index (κ1) is 19.2. The molecule has 0 saturated carbocycles. The van der Waals surface area contributed by atoms with Gasteiger partial charge < -0.3 is 15.0 Å². The van der Waals surface area contributed by atoms with E-state index in [1.165, 1.54) is 12.0 Å². The number of carboxylic acids is 1. The average Bonchev–Trinajstić information content (AvgIpc) is 3.20. The molecule has 0 amide bonds. The van der Waals surface area contributed by atoms with E-state index in [1.54, 1.807) is 6.33 Å². The summed E-state index contributed by atoms with van der Waals surface area (Å²) in [6.45, 7) is 1.86. The van der Waals surface area contributed by atoms with Gasteiger partial charge in [0.1, 0.15) is 12.2 Å². The van der Waals surface area contributed by atoms with Gasteiger partial charge >= 0.3 is 12.1 Å². The van der Waals surface area contributed by atoms with E-state index < -0.39 is 12.1 Å². The molecule has 2 N–H and O–H groups in total. The highest BCUT2D eigenvalue weighted by Crippen LogP contribution is 2.21. The molecule has 136 valence electrons. The summed E-state index contributed by atoms with van der Waals surface area (Å²) in [5, 5.41) is 19.6. The van der Waals surface area contributed by atoms with Crippen molar-refractivity contribution in [3.8, 4) is 0 Å². The molecule has 1 saturated heterocycles. The number of nitrogens with zero attached hydrogens (tertiary/aromatic N) is 3. The topological polar surface area (TPSA) is 80.0 Å². The standard InChI is InChI=1S/C13H15ClN4.C2HF3O2/c14-11-5-3-10(4-6-11)8-18-9-16-17-13(18)12-2-1-7-15-12;3-2(4,5)1(6)7/h3-6,9,12,15H,1-2,7-8H2;(H,6,7)/t12-;/m1./s1. The van der Waals surface area contributed by atoms with Gasteiger partial charge in [0.2, 0.25) is 0 Å². The van der Waals surface area contributed by atoms with Crippen LogP contribution in [0, 0.1) is 0 Å². The van der Waals surface area contributed by atoms with E-state index in [4.69, 9.17) is 21.5 Å². The zero-order valence-corrected chi connectivity index (χ0v) is 13.8. The SMILES string of the molecule is Clc1ccc(Cn2cnnc2[C@H]2CCCN2)cc1.O=C(O)C(F)(F)F. The van der Waals surface area contributed by atoms with Crippen LogP contribution in [0.1, 0.15) is 30.3 Å². The number of aliphatic carboxylic acids is 1. The summed E-state index contributed by atoms with van der Waals surface area (Å²) in [5.74, 6) is -1.73. The molecule has 0 unspecified atom stereocenters. The Labute approximate surface area is 146 Å². The predicted octanol–water partition coefficient (Wildman–Crippen LogP) is 3.04. The molecule has 2 aromatic rings. The van der Waals surface area contributed by atoms with Crippen LogP contribution in [0.15, 0.2) is 30.6 Å². The minimum atomic E-state index is -5.08. The van der Waals surface area contributed by atoms with Crippen molar-refractivity contribution in [2.45, 2.75) is 31.6 Å². The fraction of sp³-hybridized carbons (Fsp3) is 0.400. The summed E-state index contributed by atoms with van der Waals surface area (Å²) < 4.78 is 33.8. The third-order valence-corrected chi connectivity index (χ3v) is 3.78. The fourth-order valence-corrected chi connectivity index (χ4v) is 2.47. The molecule has 1 aromatic carbocycles. The van der Waals surface area contributed by atoms with Crippen molar-refractivity contribution >= 4 is 17.6 Å². The molecule has 1 aromatic heterocycles. The molecule has 0 spiro atoms. The summed E-state index contributed by atoms with van der Waals surface area (Å²) in [5.41, 5.74) is 1.21. The van der Waals surface area contributed by atoms with Crippen LogP contribution in [0.5, 0.6) is 0 Å². The van der Waals surface area contributed by atoms with Gasteiger partial charge in [-0.3, -0.25) is 0 Å². The van der Waals surface area contributed by atoms with Gasteiger partial charge in [-0.25, -0.2) is 4.79 Å². The van der Waals surface area contributed by atoms with Gasteiger partial charge in [0.25, 0.3) is 0 Å². The number of carbonyl (C=O) groups is 1. The van der Waals surface area contributed by atoms with Crippen LogP contribution in [0.3, 0.4) is 0 Å². The van der Waals surface area contributed by atoms with E-state index in [1.807, 2.05) is 24.3 Å². The van der Waals surface area contributed by atoms with Gasteiger partial charge in [-0.15, -0.1) is 10.2 Å².